The normalized spacial score (nSPS) is 18.7. The fourth-order valence-corrected chi connectivity index (χ4v) is 1.89. The molecule has 1 fully saturated rings. The van der Waals surface area contributed by atoms with Crippen molar-refractivity contribution in [2.45, 2.75) is 38.6 Å². The number of aliphatic carboxylic acids is 1. The second kappa shape index (κ2) is 4.41. The zero-order valence-electron chi connectivity index (χ0n) is 10.0. The van der Waals surface area contributed by atoms with Gasteiger partial charge < -0.3 is 15.2 Å². The molecular formula is C11H19NO4. The molecule has 1 aliphatic rings. The van der Waals surface area contributed by atoms with Gasteiger partial charge in [0.05, 0.1) is 12.1 Å². The molecular weight excluding hydrogens is 210 g/mol. The summed E-state index contributed by atoms with van der Waals surface area (Å²) in [5.41, 5.74) is -1.74. The van der Waals surface area contributed by atoms with Crippen LogP contribution in [0.4, 0.5) is 0 Å². The van der Waals surface area contributed by atoms with E-state index in [0.29, 0.717) is 19.4 Å². The van der Waals surface area contributed by atoms with Gasteiger partial charge in [0.15, 0.2) is 0 Å². The molecule has 0 saturated heterocycles. The van der Waals surface area contributed by atoms with Crippen LogP contribution >= 0.6 is 0 Å². The molecule has 0 atom stereocenters. The van der Waals surface area contributed by atoms with Gasteiger partial charge >= 0.3 is 5.97 Å². The van der Waals surface area contributed by atoms with Crippen molar-refractivity contribution in [1.82, 2.24) is 5.32 Å². The summed E-state index contributed by atoms with van der Waals surface area (Å²) in [6.07, 6.45) is 1.65. The van der Waals surface area contributed by atoms with Crippen molar-refractivity contribution in [1.29, 1.82) is 0 Å². The second-order valence-electron chi connectivity index (χ2n) is 5.01. The zero-order chi connectivity index (χ0) is 12.4. The number of carboxylic acid groups (broad SMARTS) is 1. The lowest BCUT2D eigenvalue weighted by Gasteiger charge is -2.38. The molecule has 0 aromatic rings. The Balaban J connectivity index is 2.67. The highest BCUT2D eigenvalue weighted by Crippen LogP contribution is 2.41. The summed E-state index contributed by atoms with van der Waals surface area (Å²) in [6, 6.07) is 0. The van der Waals surface area contributed by atoms with Crippen LogP contribution in [0.25, 0.3) is 0 Å². The summed E-state index contributed by atoms with van der Waals surface area (Å²) in [5.74, 6) is -1.42. The zero-order valence-corrected chi connectivity index (χ0v) is 10.0. The number of carbonyl (C=O) groups is 2. The van der Waals surface area contributed by atoms with E-state index < -0.39 is 22.8 Å². The van der Waals surface area contributed by atoms with Gasteiger partial charge in [-0.1, -0.05) is 6.42 Å². The first kappa shape index (κ1) is 13.0. The Morgan fingerprint density at radius 2 is 2.00 bits per heavy atom. The van der Waals surface area contributed by atoms with E-state index in [1.807, 2.05) is 13.8 Å². The lowest BCUT2D eigenvalue weighted by atomic mass is 9.68. The molecule has 0 heterocycles. The Morgan fingerprint density at radius 3 is 2.31 bits per heavy atom. The highest BCUT2D eigenvalue weighted by Gasteiger charge is 2.52. The molecule has 0 unspecified atom stereocenters. The van der Waals surface area contributed by atoms with Gasteiger partial charge in [0.2, 0.25) is 5.91 Å². The minimum absolute atomic E-state index is 0.356. The lowest BCUT2D eigenvalue weighted by Crippen LogP contribution is -2.57. The van der Waals surface area contributed by atoms with Gasteiger partial charge in [-0.25, -0.2) is 0 Å². The molecule has 0 aromatic carbocycles. The topological polar surface area (TPSA) is 75.6 Å². The van der Waals surface area contributed by atoms with Crippen LogP contribution in [0, 0.1) is 5.41 Å². The standard InChI is InChI=1S/C11H19NO4/c1-10(2,7-16-3)12-8(13)11(9(14)15)5-4-6-11/h4-7H2,1-3H3,(H,12,13)(H,14,15). The number of ether oxygens (including phenoxy) is 1. The number of rotatable bonds is 5. The van der Waals surface area contributed by atoms with Gasteiger partial charge in [-0.05, 0) is 26.7 Å². The molecule has 0 aliphatic heterocycles. The Kier molecular flexibility index (Phi) is 3.57. The van der Waals surface area contributed by atoms with Crippen molar-refractivity contribution in [3.05, 3.63) is 0 Å². The highest BCUT2D eigenvalue weighted by atomic mass is 16.5. The summed E-state index contributed by atoms with van der Waals surface area (Å²) in [5, 5.41) is 11.8. The molecule has 16 heavy (non-hydrogen) atoms. The number of nitrogens with one attached hydrogen (secondary N) is 1. The Morgan fingerprint density at radius 1 is 1.44 bits per heavy atom. The molecule has 1 aliphatic carbocycles. The average molecular weight is 229 g/mol. The monoisotopic (exact) mass is 229 g/mol. The number of hydrogen-bond donors (Lipinski definition) is 2. The van der Waals surface area contributed by atoms with E-state index in [2.05, 4.69) is 5.32 Å². The van der Waals surface area contributed by atoms with Crippen molar-refractivity contribution in [2.75, 3.05) is 13.7 Å². The minimum Gasteiger partial charge on any atom is -0.480 e. The molecule has 5 heteroatoms. The summed E-state index contributed by atoms with van der Waals surface area (Å²) in [7, 11) is 1.55. The third kappa shape index (κ3) is 2.35. The predicted octanol–water partition coefficient (Wildman–Crippen LogP) is 0.782. The third-order valence-electron chi connectivity index (χ3n) is 3.01. The molecule has 0 spiro atoms. The first-order valence-electron chi connectivity index (χ1n) is 5.39. The van der Waals surface area contributed by atoms with Gasteiger partial charge in [0.1, 0.15) is 5.41 Å². The Hall–Kier alpha value is -1.10. The van der Waals surface area contributed by atoms with Crippen molar-refractivity contribution < 1.29 is 19.4 Å². The molecule has 92 valence electrons. The third-order valence-corrected chi connectivity index (χ3v) is 3.01. The molecule has 0 bridgehead atoms. The molecule has 2 N–H and O–H groups in total. The van der Waals surface area contributed by atoms with Gasteiger partial charge in [0.25, 0.3) is 0 Å². The Bertz CT molecular complexity index is 294. The van der Waals surface area contributed by atoms with Gasteiger partial charge in [0, 0.05) is 7.11 Å². The number of carboxylic acids is 1. The fraction of sp³-hybridized carbons (Fsp3) is 0.818. The second-order valence-corrected chi connectivity index (χ2v) is 5.01. The van der Waals surface area contributed by atoms with E-state index in [-0.39, 0.29) is 0 Å². The SMILES string of the molecule is COCC(C)(C)NC(=O)C1(C(=O)O)CCC1. The lowest BCUT2D eigenvalue weighted by molar-refractivity contribution is -0.163. The average Bonchev–Trinajstić information content (AvgIpc) is 1.98. The molecule has 1 amide bonds. The maximum atomic E-state index is 11.9. The largest absolute Gasteiger partial charge is 0.480 e. The van der Waals surface area contributed by atoms with Crippen LogP contribution in [0.5, 0.6) is 0 Å². The van der Waals surface area contributed by atoms with Gasteiger partial charge in [-0.15, -0.1) is 0 Å². The number of carbonyl (C=O) groups excluding carboxylic acids is 1. The van der Waals surface area contributed by atoms with Crippen LogP contribution in [0.1, 0.15) is 33.1 Å². The molecule has 0 aromatic heterocycles. The van der Waals surface area contributed by atoms with Crippen molar-refractivity contribution in [3.63, 3.8) is 0 Å². The smallest absolute Gasteiger partial charge is 0.319 e. The van der Waals surface area contributed by atoms with E-state index >= 15 is 0 Å². The van der Waals surface area contributed by atoms with Crippen LogP contribution in [-0.4, -0.2) is 36.2 Å². The Labute approximate surface area is 95.2 Å². The maximum absolute atomic E-state index is 11.9. The van der Waals surface area contributed by atoms with Crippen LogP contribution in [0.3, 0.4) is 0 Å². The van der Waals surface area contributed by atoms with Crippen LogP contribution in [-0.2, 0) is 14.3 Å². The molecule has 1 saturated carbocycles. The van der Waals surface area contributed by atoms with E-state index in [0.717, 1.165) is 6.42 Å². The quantitative estimate of drug-likeness (QED) is 0.683. The highest BCUT2D eigenvalue weighted by molar-refractivity contribution is 6.03. The van der Waals surface area contributed by atoms with E-state index in [4.69, 9.17) is 9.84 Å². The summed E-state index contributed by atoms with van der Waals surface area (Å²) in [4.78, 5) is 23.0. The molecule has 0 radical (unpaired) electrons. The minimum atomic E-state index is -1.20. The molecule has 5 nitrogen and oxygen atoms in total. The number of methoxy groups -OCH3 is 1. The maximum Gasteiger partial charge on any atom is 0.319 e. The first-order valence-corrected chi connectivity index (χ1v) is 5.39. The fourth-order valence-electron chi connectivity index (χ4n) is 1.89. The first-order chi connectivity index (χ1) is 7.34. The summed E-state index contributed by atoms with van der Waals surface area (Å²) < 4.78 is 4.97. The van der Waals surface area contributed by atoms with Crippen molar-refractivity contribution in [2.24, 2.45) is 5.41 Å². The number of amides is 1. The molecule has 1 rings (SSSR count). The summed E-state index contributed by atoms with van der Waals surface area (Å²) >= 11 is 0. The van der Waals surface area contributed by atoms with Crippen molar-refractivity contribution in [3.8, 4) is 0 Å². The van der Waals surface area contributed by atoms with Crippen LogP contribution in [0.15, 0.2) is 0 Å². The van der Waals surface area contributed by atoms with E-state index in [1.165, 1.54) is 0 Å². The summed E-state index contributed by atoms with van der Waals surface area (Å²) in [6.45, 7) is 3.97. The van der Waals surface area contributed by atoms with Crippen LogP contribution < -0.4 is 5.32 Å². The van der Waals surface area contributed by atoms with Crippen LogP contribution in [0.2, 0.25) is 0 Å². The van der Waals surface area contributed by atoms with Crippen molar-refractivity contribution >= 4 is 11.9 Å². The van der Waals surface area contributed by atoms with Gasteiger partial charge in [-0.2, -0.15) is 0 Å². The van der Waals surface area contributed by atoms with E-state index in [9.17, 15) is 9.59 Å². The van der Waals surface area contributed by atoms with Gasteiger partial charge in [-0.3, -0.25) is 9.59 Å². The number of hydrogen-bond acceptors (Lipinski definition) is 3. The van der Waals surface area contributed by atoms with E-state index in [1.54, 1.807) is 7.11 Å². The predicted molar refractivity (Wildman–Crippen MR) is 58.0 cm³/mol.